The second-order valence-electron chi connectivity index (χ2n) is 4.39. The lowest BCUT2D eigenvalue weighted by Crippen LogP contribution is -2.30. The van der Waals surface area contributed by atoms with Crippen LogP contribution >= 0.6 is 0 Å². The number of fused-ring (bicyclic) bond motifs is 1. The van der Waals surface area contributed by atoms with Gasteiger partial charge < -0.3 is 14.6 Å². The van der Waals surface area contributed by atoms with Crippen LogP contribution in [0.15, 0.2) is 4.42 Å². The van der Waals surface area contributed by atoms with Crippen LogP contribution in [0.25, 0.3) is 0 Å². The first kappa shape index (κ1) is 12.9. The van der Waals surface area contributed by atoms with E-state index in [9.17, 15) is 23.1 Å². The van der Waals surface area contributed by atoms with E-state index < -0.39 is 42.8 Å². The highest BCUT2D eigenvalue weighted by Gasteiger charge is 2.46. The smallest absolute Gasteiger partial charge is 0.392 e. The molecule has 18 heavy (non-hydrogen) atoms. The number of carbonyl (C=O) groups is 1. The number of hydrogen-bond acceptors (Lipinski definition) is 3. The average Bonchev–Trinajstić information content (AvgIpc) is 2.55. The number of alkyl halides is 3. The highest BCUT2D eigenvalue weighted by Crippen LogP contribution is 2.44. The number of aromatic carboxylic acids is 1. The Bertz CT molecular complexity index is 489. The van der Waals surface area contributed by atoms with E-state index in [2.05, 4.69) is 0 Å². The summed E-state index contributed by atoms with van der Waals surface area (Å²) in [6.45, 7) is 1.42. The molecule has 4 nitrogen and oxygen atoms in total. The maximum atomic E-state index is 12.6. The predicted octanol–water partition coefficient (Wildman–Crippen LogP) is 2.44. The van der Waals surface area contributed by atoms with Crippen molar-refractivity contribution in [2.45, 2.75) is 32.0 Å². The fourth-order valence-corrected chi connectivity index (χ4v) is 2.32. The van der Waals surface area contributed by atoms with E-state index in [1.165, 1.54) is 6.92 Å². The third-order valence-electron chi connectivity index (χ3n) is 3.20. The molecule has 2 unspecified atom stereocenters. The normalized spacial score (nSPS) is 23.8. The molecule has 1 aromatic rings. The number of carboxylic acids is 1. The van der Waals surface area contributed by atoms with E-state index in [1.54, 1.807) is 0 Å². The number of rotatable bonds is 1. The summed E-state index contributed by atoms with van der Waals surface area (Å²) in [6.07, 6.45) is -6.65. The van der Waals surface area contributed by atoms with Gasteiger partial charge in [0.2, 0.25) is 5.76 Å². The Morgan fingerprint density at radius 1 is 1.44 bits per heavy atom. The molecule has 1 aliphatic rings. The predicted molar refractivity (Wildman–Crippen MR) is 53.2 cm³/mol. The quantitative estimate of drug-likeness (QED) is 0.817. The summed E-state index contributed by atoms with van der Waals surface area (Å²) in [5.74, 6) is -3.53. The van der Waals surface area contributed by atoms with Crippen LogP contribution < -0.4 is 0 Å². The van der Waals surface area contributed by atoms with E-state index in [-0.39, 0.29) is 16.9 Å². The lowest BCUT2D eigenvalue weighted by Gasteiger charge is -2.27. The number of carboxylic acid groups (broad SMARTS) is 1. The van der Waals surface area contributed by atoms with Gasteiger partial charge in [-0.15, -0.1) is 0 Å². The minimum Gasteiger partial charge on any atom is -0.475 e. The summed E-state index contributed by atoms with van der Waals surface area (Å²) in [6, 6.07) is 0. The van der Waals surface area contributed by atoms with Gasteiger partial charge in [0.05, 0.1) is 12.0 Å². The van der Waals surface area contributed by atoms with Crippen molar-refractivity contribution in [1.82, 2.24) is 0 Å². The van der Waals surface area contributed by atoms with Crippen molar-refractivity contribution in [1.29, 1.82) is 0 Å². The number of hydrogen-bond donors (Lipinski definition) is 2. The SMILES string of the molecule is Cc1c(C(=O)O)oc2c1C(O)CC(C(F)(F)F)C2. The standard InChI is InChI=1S/C11H11F3O4/c1-4-8-6(15)2-5(11(12,13)14)3-7(8)18-9(4)10(16)17/h5-6,15H,2-3H2,1H3,(H,16,17). The van der Waals surface area contributed by atoms with Crippen molar-refractivity contribution in [3.63, 3.8) is 0 Å². The number of halogens is 3. The van der Waals surface area contributed by atoms with Crippen molar-refractivity contribution in [2.24, 2.45) is 5.92 Å². The molecule has 2 atom stereocenters. The van der Waals surface area contributed by atoms with E-state index in [0.717, 1.165) is 0 Å². The van der Waals surface area contributed by atoms with Crippen molar-refractivity contribution in [3.8, 4) is 0 Å². The van der Waals surface area contributed by atoms with Crippen LogP contribution in [-0.2, 0) is 6.42 Å². The zero-order valence-corrected chi connectivity index (χ0v) is 9.41. The summed E-state index contributed by atoms with van der Waals surface area (Å²) in [4.78, 5) is 10.8. The van der Waals surface area contributed by atoms with Gasteiger partial charge in [-0.05, 0) is 13.3 Å². The Hall–Kier alpha value is -1.50. The molecule has 0 radical (unpaired) electrons. The fourth-order valence-electron chi connectivity index (χ4n) is 2.32. The summed E-state index contributed by atoms with van der Waals surface area (Å²) < 4.78 is 42.8. The number of furan rings is 1. The molecule has 0 fully saturated rings. The second kappa shape index (κ2) is 4.01. The summed E-state index contributed by atoms with van der Waals surface area (Å²) in [5, 5.41) is 18.5. The number of aliphatic hydroxyl groups excluding tert-OH is 1. The van der Waals surface area contributed by atoms with Crippen LogP contribution in [0.4, 0.5) is 13.2 Å². The Kier molecular flexibility index (Phi) is 2.89. The molecule has 0 amide bonds. The first-order valence-electron chi connectivity index (χ1n) is 5.32. The van der Waals surface area contributed by atoms with Crippen LogP contribution in [0.2, 0.25) is 0 Å². The van der Waals surface area contributed by atoms with Gasteiger partial charge in [0.25, 0.3) is 0 Å². The molecule has 1 aromatic heterocycles. The van der Waals surface area contributed by atoms with Crippen LogP contribution in [0.1, 0.15) is 40.0 Å². The largest absolute Gasteiger partial charge is 0.475 e. The Labute approximate surface area is 100 Å². The Balaban J connectivity index is 2.43. The molecule has 1 heterocycles. The van der Waals surface area contributed by atoms with Crippen LogP contribution in [-0.4, -0.2) is 22.4 Å². The van der Waals surface area contributed by atoms with Gasteiger partial charge in [-0.1, -0.05) is 0 Å². The highest BCUT2D eigenvalue weighted by molar-refractivity contribution is 5.86. The van der Waals surface area contributed by atoms with Gasteiger partial charge in [0, 0.05) is 17.5 Å². The van der Waals surface area contributed by atoms with Crippen molar-refractivity contribution in [2.75, 3.05) is 0 Å². The second-order valence-corrected chi connectivity index (χ2v) is 4.39. The van der Waals surface area contributed by atoms with Crippen LogP contribution in [0.5, 0.6) is 0 Å². The third-order valence-corrected chi connectivity index (χ3v) is 3.20. The van der Waals surface area contributed by atoms with E-state index in [0.29, 0.717) is 0 Å². The zero-order chi connectivity index (χ0) is 13.7. The summed E-state index contributed by atoms with van der Waals surface area (Å²) >= 11 is 0. The van der Waals surface area contributed by atoms with Crippen molar-refractivity contribution in [3.05, 3.63) is 22.6 Å². The molecular formula is C11H11F3O4. The minimum atomic E-state index is -4.43. The highest BCUT2D eigenvalue weighted by atomic mass is 19.4. The molecule has 0 aromatic carbocycles. The maximum absolute atomic E-state index is 12.6. The van der Waals surface area contributed by atoms with E-state index in [1.807, 2.05) is 0 Å². The fraction of sp³-hybridized carbons (Fsp3) is 0.545. The lowest BCUT2D eigenvalue weighted by atomic mass is 9.84. The number of aliphatic hydroxyl groups is 1. The summed E-state index contributed by atoms with van der Waals surface area (Å²) in [7, 11) is 0. The molecule has 2 N–H and O–H groups in total. The van der Waals surface area contributed by atoms with Gasteiger partial charge >= 0.3 is 12.1 Å². The molecule has 0 aliphatic heterocycles. The molecule has 7 heteroatoms. The third kappa shape index (κ3) is 1.98. The lowest BCUT2D eigenvalue weighted by molar-refractivity contribution is -0.185. The molecule has 0 saturated carbocycles. The van der Waals surface area contributed by atoms with E-state index in [4.69, 9.17) is 9.52 Å². The molecule has 0 saturated heterocycles. The Morgan fingerprint density at radius 2 is 2.06 bits per heavy atom. The van der Waals surface area contributed by atoms with Gasteiger partial charge in [-0.25, -0.2) is 4.79 Å². The van der Waals surface area contributed by atoms with Gasteiger partial charge in [-0.3, -0.25) is 0 Å². The first-order valence-corrected chi connectivity index (χ1v) is 5.32. The van der Waals surface area contributed by atoms with Crippen molar-refractivity contribution >= 4 is 5.97 Å². The van der Waals surface area contributed by atoms with Gasteiger partial charge in [0.1, 0.15) is 5.76 Å². The molecule has 100 valence electrons. The molecule has 0 bridgehead atoms. The maximum Gasteiger partial charge on any atom is 0.392 e. The minimum absolute atomic E-state index is 0.0778. The first-order chi connectivity index (χ1) is 8.21. The van der Waals surface area contributed by atoms with Gasteiger partial charge in [0.15, 0.2) is 0 Å². The molecule has 2 rings (SSSR count). The Morgan fingerprint density at radius 3 is 2.56 bits per heavy atom. The van der Waals surface area contributed by atoms with Crippen molar-refractivity contribution < 1.29 is 32.6 Å². The van der Waals surface area contributed by atoms with Gasteiger partial charge in [-0.2, -0.15) is 13.2 Å². The van der Waals surface area contributed by atoms with E-state index >= 15 is 0 Å². The van der Waals surface area contributed by atoms with Crippen LogP contribution in [0.3, 0.4) is 0 Å². The van der Waals surface area contributed by atoms with Crippen LogP contribution in [0, 0.1) is 12.8 Å². The molecule has 1 aliphatic carbocycles. The monoisotopic (exact) mass is 264 g/mol. The average molecular weight is 264 g/mol. The topological polar surface area (TPSA) is 70.7 Å². The zero-order valence-electron chi connectivity index (χ0n) is 9.41. The molecule has 0 spiro atoms. The molecular weight excluding hydrogens is 253 g/mol. The summed E-state index contributed by atoms with van der Waals surface area (Å²) in [5.41, 5.74) is 0.388.